The highest BCUT2D eigenvalue weighted by molar-refractivity contribution is 7.09. The van der Waals surface area contributed by atoms with Crippen molar-refractivity contribution in [2.45, 2.75) is 39.8 Å². The van der Waals surface area contributed by atoms with E-state index in [-0.39, 0.29) is 6.04 Å². The minimum atomic E-state index is -0.909. The minimum Gasteiger partial charge on any atom is -0.478 e. The summed E-state index contributed by atoms with van der Waals surface area (Å²) in [6, 6.07) is 7.66. The van der Waals surface area contributed by atoms with Crippen molar-refractivity contribution in [3.63, 3.8) is 0 Å². The van der Waals surface area contributed by atoms with Crippen LogP contribution in [-0.4, -0.2) is 22.1 Å². The SMILES string of the molecule is CCc1cc(C(=O)O)cc(N(Cc2cccs2)C(C)C)n1. The fourth-order valence-electron chi connectivity index (χ4n) is 2.12. The summed E-state index contributed by atoms with van der Waals surface area (Å²) in [7, 11) is 0. The van der Waals surface area contributed by atoms with Gasteiger partial charge in [0.2, 0.25) is 0 Å². The minimum absolute atomic E-state index is 0.244. The molecule has 1 N–H and O–H groups in total. The average molecular weight is 304 g/mol. The predicted molar refractivity (Wildman–Crippen MR) is 86.2 cm³/mol. The Labute approximate surface area is 129 Å². The summed E-state index contributed by atoms with van der Waals surface area (Å²) >= 11 is 1.70. The van der Waals surface area contributed by atoms with Gasteiger partial charge in [-0.1, -0.05) is 13.0 Å². The lowest BCUT2D eigenvalue weighted by Gasteiger charge is -2.28. The highest BCUT2D eigenvalue weighted by atomic mass is 32.1. The molecule has 4 nitrogen and oxygen atoms in total. The normalized spacial score (nSPS) is 10.9. The van der Waals surface area contributed by atoms with Crippen molar-refractivity contribution >= 4 is 23.1 Å². The summed E-state index contributed by atoms with van der Waals surface area (Å²) in [6.07, 6.45) is 0.721. The number of aryl methyl sites for hydroxylation is 1. The molecule has 0 radical (unpaired) electrons. The molecule has 112 valence electrons. The summed E-state index contributed by atoms with van der Waals surface area (Å²) in [5.74, 6) is -0.177. The number of hydrogen-bond acceptors (Lipinski definition) is 4. The molecule has 0 aliphatic heterocycles. The van der Waals surface area contributed by atoms with Crippen LogP contribution in [0.4, 0.5) is 5.82 Å². The van der Waals surface area contributed by atoms with E-state index in [1.54, 1.807) is 23.5 Å². The Kier molecular flexibility index (Phi) is 4.96. The summed E-state index contributed by atoms with van der Waals surface area (Å²) in [4.78, 5) is 19.3. The van der Waals surface area contributed by atoms with Crippen molar-refractivity contribution in [1.82, 2.24) is 4.98 Å². The van der Waals surface area contributed by atoms with Crippen molar-refractivity contribution in [2.75, 3.05) is 4.90 Å². The molecule has 21 heavy (non-hydrogen) atoms. The van der Waals surface area contributed by atoms with Gasteiger partial charge in [0.25, 0.3) is 0 Å². The molecule has 0 spiro atoms. The molecule has 5 heteroatoms. The van der Waals surface area contributed by atoms with Gasteiger partial charge in [-0.05, 0) is 43.8 Å². The largest absolute Gasteiger partial charge is 0.478 e. The quantitative estimate of drug-likeness (QED) is 0.881. The first-order chi connectivity index (χ1) is 10.0. The monoisotopic (exact) mass is 304 g/mol. The Hall–Kier alpha value is -1.88. The third-order valence-electron chi connectivity index (χ3n) is 3.30. The van der Waals surface area contributed by atoms with E-state index in [1.807, 2.05) is 18.4 Å². The molecular weight excluding hydrogens is 284 g/mol. The maximum Gasteiger partial charge on any atom is 0.335 e. The third kappa shape index (κ3) is 3.82. The Bertz CT molecular complexity index is 609. The number of anilines is 1. The van der Waals surface area contributed by atoms with Gasteiger partial charge in [-0.25, -0.2) is 9.78 Å². The first-order valence-corrected chi connectivity index (χ1v) is 7.92. The molecule has 2 aromatic rings. The second-order valence-electron chi connectivity index (χ2n) is 5.17. The van der Waals surface area contributed by atoms with Crippen molar-refractivity contribution in [1.29, 1.82) is 0 Å². The van der Waals surface area contributed by atoms with Gasteiger partial charge in [-0.15, -0.1) is 11.3 Å². The average Bonchev–Trinajstić information content (AvgIpc) is 2.96. The zero-order chi connectivity index (χ0) is 15.4. The lowest BCUT2D eigenvalue weighted by atomic mass is 10.1. The molecule has 2 aromatic heterocycles. The molecule has 2 rings (SSSR count). The second kappa shape index (κ2) is 6.72. The van der Waals surface area contributed by atoms with Crippen molar-refractivity contribution in [3.8, 4) is 0 Å². The molecule has 0 unspecified atom stereocenters. The molecule has 0 saturated heterocycles. The van der Waals surface area contributed by atoms with Crippen LogP contribution in [0.15, 0.2) is 29.6 Å². The Balaban J connectivity index is 2.39. The van der Waals surface area contributed by atoms with Gasteiger partial charge in [-0.2, -0.15) is 0 Å². The fraction of sp³-hybridized carbons (Fsp3) is 0.375. The number of aromatic carboxylic acids is 1. The van der Waals surface area contributed by atoms with E-state index in [0.717, 1.165) is 24.5 Å². The van der Waals surface area contributed by atoms with Gasteiger partial charge >= 0.3 is 5.97 Å². The number of carbonyl (C=O) groups is 1. The Morgan fingerprint density at radius 1 is 1.43 bits per heavy atom. The maximum absolute atomic E-state index is 11.3. The molecule has 0 bridgehead atoms. The Morgan fingerprint density at radius 3 is 2.71 bits per heavy atom. The molecule has 0 aromatic carbocycles. The smallest absolute Gasteiger partial charge is 0.335 e. The zero-order valence-electron chi connectivity index (χ0n) is 12.5. The molecule has 0 saturated carbocycles. The molecule has 2 heterocycles. The highest BCUT2D eigenvalue weighted by Crippen LogP contribution is 2.22. The van der Waals surface area contributed by atoms with E-state index in [9.17, 15) is 9.90 Å². The summed E-state index contributed by atoms with van der Waals surface area (Å²) < 4.78 is 0. The fourth-order valence-corrected chi connectivity index (χ4v) is 2.82. The van der Waals surface area contributed by atoms with E-state index < -0.39 is 5.97 Å². The molecule has 0 aliphatic carbocycles. The number of aromatic nitrogens is 1. The van der Waals surface area contributed by atoms with Crippen LogP contribution in [0.3, 0.4) is 0 Å². The zero-order valence-corrected chi connectivity index (χ0v) is 13.4. The van der Waals surface area contributed by atoms with Crippen LogP contribution in [0, 0.1) is 0 Å². The summed E-state index contributed by atoms with van der Waals surface area (Å²) in [5, 5.41) is 11.3. The number of rotatable bonds is 6. The van der Waals surface area contributed by atoms with E-state index >= 15 is 0 Å². The van der Waals surface area contributed by atoms with Gasteiger partial charge < -0.3 is 10.0 Å². The van der Waals surface area contributed by atoms with Crippen LogP contribution in [0.2, 0.25) is 0 Å². The van der Waals surface area contributed by atoms with E-state index in [0.29, 0.717) is 5.56 Å². The summed E-state index contributed by atoms with van der Waals surface area (Å²) in [5.41, 5.74) is 1.11. The molecule has 0 fully saturated rings. The number of nitrogens with zero attached hydrogens (tertiary/aromatic N) is 2. The lowest BCUT2D eigenvalue weighted by Crippen LogP contribution is -2.31. The number of hydrogen-bond donors (Lipinski definition) is 1. The lowest BCUT2D eigenvalue weighted by molar-refractivity contribution is 0.0696. The van der Waals surface area contributed by atoms with E-state index in [2.05, 4.69) is 29.8 Å². The first kappa shape index (κ1) is 15.5. The van der Waals surface area contributed by atoms with E-state index in [4.69, 9.17) is 0 Å². The van der Waals surface area contributed by atoms with Crippen LogP contribution in [0.1, 0.15) is 41.7 Å². The van der Waals surface area contributed by atoms with Gasteiger partial charge in [0.1, 0.15) is 5.82 Å². The number of carboxylic acids is 1. The standard InChI is InChI=1S/C16H20N2O2S/c1-4-13-8-12(16(19)20)9-15(17-13)18(11(2)3)10-14-6-5-7-21-14/h5-9,11H,4,10H2,1-3H3,(H,19,20). The van der Waals surface area contributed by atoms with Gasteiger partial charge in [0.05, 0.1) is 12.1 Å². The number of carboxylic acid groups (broad SMARTS) is 1. The molecule has 0 amide bonds. The first-order valence-electron chi connectivity index (χ1n) is 7.04. The second-order valence-corrected chi connectivity index (χ2v) is 6.20. The van der Waals surface area contributed by atoms with Crippen LogP contribution in [0.5, 0.6) is 0 Å². The van der Waals surface area contributed by atoms with E-state index in [1.165, 1.54) is 4.88 Å². The van der Waals surface area contributed by atoms with Gasteiger partial charge in [0.15, 0.2) is 0 Å². The van der Waals surface area contributed by atoms with Gasteiger partial charge in [0, 0.05) is 16.6 Å². The molecular formula is C16H20N2O2S. The topological polar surface area (TPSA) is 53.4 Å². The maximum atomic E-state index is 11.3. The number of pyridine rings is 1. The van der Waals surface area contributed by atoms with Gasteiger partial charge in [-0.3, -0.25) is 0 Å². The van der Waals surface area contributed by atoms with Crippen LogP contribution >= 0.6 is 11.3 Å². The predicted octanol–water partition coefficient (Wildman–Crippen LogP) is 3.82. The Morgan fingerprint density at radius 2 is 2.19 bits per heavy atom. The van der Waals surface area contributed by atoms with Crippen molar-refractivity contribution in [3.05, 3.63) is 45.8 Å². The van der Waals surface area contributed by atoms with Crippen LogP contribution in [-0.2, 0) is 13.0 Å². The third-order valence-corrected chi connectivity index (χ3v) is 4.16. The molecule has 0 atom stereocenters. The molecule has 0 aliphatic rings. The van der Waals surface area contributed by atoms with Crippen LogP contribution in [0.25, 0.3) is 0 Å². The summed E-state index contributed by atoms with van der Waals surface area (Å²) in [6.45, 7) is 6.91. The highest BCUT2D eigenvalue weighted by Gasteiger charge is 2.16. The van der Waals surface area contributed by atoms with Crippen molar-refractivity contribution in [2.24, 2.45) is 0 Å². The van der Waals surface area contributed by atoms with Crippen LogP contribution < -0.4 is 4.90 Å². The van der Waals surface area contributed by atoms with Crippen molar-refractivity contribution < 1.29 is 9.90 Å². The number of thiophene rings is 1.